The zero-order valence-corrected chi connectivity index (χ0v) is 11.5. The van der Waals surface area contributed by atoms with Crippen LogP contribution in [0.2, 0.25) is 0 Å². The van der Waals surface area contributed by atoms with E-state index in [-0.39, 0.29) is 5.41 Å². The molecule has 3 heteroatoms. The minimum atomic E-state index is 0.195. The van der Waals surface area contributed by atoms with Crippen molar-refractivity contribution in [1.82, 2.24) is 0 Å². The van der Waals surface area contributed by atoms with Crippen molar-refractivity contribution in [1.29, 1.82) is 0 Å². The van der Waals surface area contributed by atoms with Crippen LogP contribution in [-0.2, 0) is 0 Å². The Kier molecular flexibility index (Phi) is 3.27. The zero-order valence-electron chi connectivity index (χ0n) is 9.91. The van der Waals surface area contributed by atoms with Crippen LogP contribution >= 0.6 is 15.9 Å². The van der Waals surface area contributed by atoms with E-state index in [1.807, 2.05) is 0 Å². The van der Waals surface area contributed by atoms with Crippen LogP contribution in [0.1, 0.15) is 20.3 Å². The van der Waals surface area contributed by atoms with Crippen LogP contribution in [-0.4, -0.2) is 19.1 Å². The van der Waals surface area contributed by atoms with Gasteiger partial charge in [0.2, 0.25) is 0 Å². The second kappa shape index (κ2) is 4.38. The molecule has 1 aliphatic heterocycles. The molecule has 16 heavy (non-hydrogen) atoms. The zero-order chi connectivity index (χ0) is 11.8. The average molecular weight is 283 g/mol. The van der Waals surface area contributed by atoms with E-state index >= 15 is 0 Å². The van der Waals surface area contributed by atoms with Crippen molar-refractivity contribution in [2.24, 2.45) is 11.1 Å². The van der Waals surface area contributed by atoms with Crippen molar-refractivity contribution in [2.75, 3.05) is 18.0 Å². The number of rotatable bonds is 1. The Morgan fingerprint density at radius 2 is 2.19 bits per heavy atom. The molecule has 0 radical (unpaired) electrons. The first-order valence-electron chi connectivity index (χ1n) is 5.75. The summed E-state index contributed by atoms with van der Waals surface area (Å²) in [6.45, 7) is 6.59. The molecule has 1 saturated heterocycles. The Morgan fingerprint density at radius 1 is 1.44 bits per heavy atom. The number of nitrogens with two attached hydrogens (primary N) is 1. The molecule has 2 N–H and O–H groups in total. The Bertz CT molecular complexity index is 376. The van der Waals surface area contributed by atoms with Gasteiger partial charge in [-0.3, -0.25) is 0 Å². The normalized spacial score (nSPS) is 24.5. The van der Waals surface area contributed by atoms with Gasteiger partial charge < -0.3 is 10.6 Å². The van der Waals surface area contributed by atoms with E-state index in [9.17, 15) is 0 Å². The molecule has 0 aromatic heterocycles. The first-order chi connectivity index (χ1) is 7.49. The summed E-state index contributed by atoms with van der Waals surface area (Å²) in [6.07, 6.45) is 1.07. The molecule has 1 atom stereocenters. The number of hydrogen-bond donors (Lipinski definition) is 1. The highest BCUT2D eigenvalue weighted by Gasteiger charge is 2.33. The molecule has 1 aromatic carbocycles. The fourth-order valence-electron chi connectivity index (χ4n) is 2.27. The maximum Gasteiger partial charge on any atom is 0.0377 e. The first kappa shape index (κ1) is 11.9. The molecular weight excluding hydrogens is 264 g/mol. The van der Waals surface area contributed by atoms with Crippen LogP contribution in [0.15, 0.2) is 28.7 Å². The molecule has 1 heterocycles. The fourth-order valence-corrected chi connectivity index (χ4v) is 2.65. The maximum atomic E-state index is 6.15. The molecular formula is C13H19BrN2. The summed E-state index contributed by atoms with van der Waals surface area (Å²) in [4.78, 5) is 2.42. The molecule has 88 valence electrons. The summed E-state index contributed by atoms with van der Waals surface area (Å²) < 4.78 is 1.14. The van der Waals surface area contributed by atoms with Crippen molar-refractivity contribution in [3.63, 3.8) is 0 Å². The molecule has 1 aliphatic rings. The highest BCUT2D eigenvalue weighted by molar-refractivity contribution is 9.10. The van der Waals surface area contributed by atoms with E-state index in [0.29, 0.717) is 6.04 Å². The lowest BCUT2D eigenvalue weighted by atomic mass is 9.79. The minimum absolute atomic E-state index is 0.195. The summed E-state index contributed by atoms with van der Waals surface area (Å²) >= 11 is 3.52. The summed E-state index contributed by atoms with van der Waals surface area (Å²) in [5.41, 5.74) is 7.63. The predicted octanol–water partition coefficient (Wildman–Crippen LogP) is 3.01. The van der Waals surface area contributed by atoms with Crippen molar-refractivity contribution in [3.05, 3.63) is 28.7 Å². The lowest BCUT2D eigenvalue weighted by molar-refractivity contribution is 0.245. The minimum Gasteiger partial charge on any atom is -0.371 e. The molecule has 0 saturated carbocycles. The molecule has 0 aliphatic carbocycles. The van der Waals surface area contributed by atoms with Crippen LogP contribution in [0.3, 0.4) is 0 Å². The molecule has 1 aromatic rings. The van der Waals surface area contributed by atoms with E-state index < -0.39 is 0 Å². The molecule has 2 nitrogen and oxygen atoms in total. The molecule has 2 rings (SSSR count). The third-order valence-electron chi connectivity index (χ3n) is 3.49. The van der Waals surface area contributed by atoms with E-state index in [1.165, 1.54) is 5.69 Å². The molecule has 0 amide bonds. The summed E-state index contributed by atoms with van der Waals surface area (Å²) in [7, 11) is 0. The highest BCUT2D eigenvalue weighted by Crippen LogP contribution is 2.31. The van der Waals surface area contributed by atoms with E-state index in [1.54, 1.807) is 0 Å². The van der Waals surface area contributed by atoms with Gasteiger partial charge in [0.25, 0.3) is 0 Å². The smallest absolute Gasteiger partial charge is 0.0377 e. The van der Waals surface area contributed by atoms with Gasteiger partial charge in [0, 0.05) is 29.3 Å². The lowest BCUT2D eigenvalue weighted by Crippen LogP contribution is -2.52. The topological polar surface area (TPSA) is 29.3 Å². The van der Waals surface area contributed by atoms with Gasteiger partial charge in [-0.05, 0) is 30.0 Å². The van der Waals surface area contributed by atoms with Crippen molar-refractivity contribution >= 4 is 21.6 Å². The monoisotopic (exact) mass is 282 g/mol. The van der Waals surface area contributed by atoms with Gasteiger partial charge in [0.1, 0.15) is 0 Å². The van der Waals surface area contributed by atoms with Gasteiger partial charge in [-0.25, -0.2) is 0 Å². The van der Waals surface area contributed by atoms with Crippen molar-refractivity contribution < 1.29 is 0 Å². The van der Waals surface area contributed by atoms with Gasteiger partial charge in [-0.1, -0.05) is 35.8 Å². The van der Waals surface area contributed by atoms with E-state index in [0.717, 1.165) is 24.0 Å². The summed E-state index contributed by atoms with van der Waals surface area (Å²) in [5, 5.41) is 0. The van der Waals surface area contributed by atoms with Gasteiger partial charge in [-0.15, -0.1) is 0 Å². The van der Waals surface area contributed by atoms with Crippen LogP contribution < -0.4 is 10.6 Å². The summed E-state index contributed by atoms with van der Waals surface area (Å²) in [6, 6.07) is 8.80. The number of benzene rings is 1. The first-order valence-corrected chi connectivity index (χ1v) is 6.54. The number of piperidine rings is 1. The standard InChI is InChI=1S/C13H19BrN2/c1-13(2)9-16(7-6-12(13)15)11-5-3-4-10(14)8-11/h3-5,8,12H,6-7,9,15H2,1-2H3. The maximum absolute atomic E-state index is 6.15. The van der Waals surface area contributed by atoms with Crippen LogP contribution in [0.25, 0.3) is 0 Å². The molecule has 0 bridgehead atoms. The van der Waals surface area contributed by atoms with Gasteiger partial charge >= 0.3 is 0 Å². The number of anilines is 1. The molecule has 1 fully saturated rings. The Morgan fingerprint density at radius 3 is 2.81 bits per heavy atom. The number of hydrogen-bond acceptors (Lipinski definition) is 2. The Balaban J connectivity index is 2.18. The van der Waals surface area contributed by atoms with Gasteiger partial charge in [0.05, 0.1) is 0 Å². The molecule has 1 unspecified atom stereocenters. The number of nitrogens with zero attached hydrogens (tertiary/aromatic N) is 1. The van der Waals surface area contributed by atoms with Crippen molar-refractivity contribution in [2.45, 2.75) is 26.3 Å². The van der Waals surface area contributed by atoms with Crippen LogP contribution in [0, 0.1) is 5.41 Å². The Hall–Kier alpha value is -0.540. The average Bonchev–Trinajstić information content (AvgIpc) is 2.22. The second-order valence-corrected chi connectivity index (χ2v) is 6.20. The fraction of sp³-hybridized carbons (Fsp3) is 0.538. The van der Waals surface area contributed by atoms with Crippen molar-refractivity contribution in [3.8, 4) is 0 Å². The second-order valence-electron chi connectivity index (χ2n) is 5.29. The third kappa shape index (κ3) is 2.41. The SMILES string of the molecule is CC1(C)CN(c2cccc(Br)c2)CCC1N. The van der Waals surface area contributed by atoms with E-state index in [4.69, 9.17) is 5.73 Å². The quantitative estimate of drug-likeness (QED) is 0.858. The lowest BCUT2D eigenvalue weighted by Gasteiger charge is -2.43. The summed E-state index contributed by atoms with van der Waals surface area (Å²) in [5.74, 6) is 0. The van der Waals surface area contributed by atoms with E-state index in [2.05, 4.69) is 58.9 Å². The predicted molar refractivity (Wildman–Crippen MR) is 72.7 cm³/mol. The highest BCUT2D eigenvalue weighted by atomic mass is 79.9. The third-order valence-corrected chi connectivity index (χ3v) is 3.98. The van der Waals surface area contributed by atoms with Gasteiger partial charge in [-0.2, -0.15) is 0 Å². The van der Waals surface area contributed by atoms with Gasteiger partial charge in [0.15, 0.2) is 0 Å². The van der Waals surface area contributed by atoms with Crippen LogP contribution in [0.5, 0.6) is 0 Å². The molecule has 0 spiro atoms. The Labute approximate surface area is 106 Å². The number of halogens is 1. The largest absolute Gasteiger partial charge is 0.371 e. The van der Waals surface area contributed by atoms with Crippen LogP contribution in [0.4, 0.5) is 5.69 Å².